The van der Waals surface area contributed by atoms with Crippen LogP contribution in [0, 0.1) is 5.82 Å². The van der Waals surface area contributed by atoms with Gasteiger partial charge in [-0.05, 0) is 18.2 Å². The molecule has 0 spiro atoms. The number of aromatic nitrogens is 4. The monoisotopic (exact) mass is 424 g/mol. The number of halogens is 1. The van der Waals surface area contributed by atoms with Crippen LogP contribution in [0.2, 0.25) is 0 Å². The highest BCUT2D eigenvalue weighted by Gasteiger charge is 2.22. The SMILES string of the molecule is Cn1c(=O)c2c(nc(Oc3ccc4c(c3)OCO4)n2Cc2ccccc2F)n(C)c1=O. The zero-order valence-electron chi connectivity index (χ0n) is 16.7. The molecule has 0 aliphatic carbocycles. The Labute approximate surface area is 174 Å². The van der Waals surface area contributed by atoms with Crippen LogP contribution in [0.5, 0.6) is 23.3 Å². The van der Waals surface area contributed by atoms with Gasteiger partial charge in [0.25, 0.3) is 5.56 Å². The minimum Gasteiger partial charge on any atom is -0.454 e. The van der Waals surface area contributed by atoms with Crippen molar-refractivity contribution in [1.82, 2.24) is 18.7 Å². The molecule has 0 radical (unpaired) electrons. The largest absolute Gasteiger partial charge is 0.454 e. The van der Waals surface area contributed by atoms with Crippen molar-refractivity contribution in [2.45, 2.75) is 6.54 Å². The topological polar surface area (TPSA) is 89.5 Å². The van der Waals surface area contributed by atoms with Gasteiger partial charge in [-0.25, -0.2) is 9.18 Å². The Hall–Kier alpha value is -4.08. The number of aryl methyl sites for hydroxylation is 1. The number of fused-ring (bicyclic) bond motifs is 2. The minimum atomic E-state index is -0.553. The Morgan fingerprint density at radius 3 is 2.65 bits per heavy atom. The summed E-state index contributed by atoms with van der Waals surface area (Å²) in [5.74, 6) is 1.05. The van der Waals surface area contributed by atoms with E-state index < -0.39 is 17.1 Å². The van der Waals surface area contributed by atoms with Gasteiger partial charge in [0.15, 0.2) is 22.7 Å². The molecule has 1 aliphatic heterocycles. The number of hydrogen-bond acceptors (Lipinski definition) is 6. The molecule has 0 saturated carbocycles. The van der Waals surface area contributed by atoms with E-state index in [2.05, 4.69) is 4.98 Å². The summed E-state index contributed by atoms with van der Waals surface area (Å²) in [6, 6.07) is 11.2. The number of rotatable bonds is 4. The summed E-state index contributed by atoms with van der Waals surface area (Å²) in [4.78, 5) is 29.7. The molecular formula is C21H17FN4O5. The first-order valence-electron chi connectivity index (χ1n) is 9.41. The second-order valence-electron chi connectivity index (χ2n) is 7.07. The maximum absolute atomic E-state index is 14.4. The molecule has 0 amide bonds. The van der Waals surface area contributed by atoms with Crippen molar-refractivity contribution >= 4 is 11.2 Å². The molecule has 10 heteroatoms. The third-order valence-electron chi connectivity index (χ3n) is 5.15. The van der Waals surface area contributed by atoms with Crippen LogP contribution in [0.1, 0.15) is 5.56 Å². The second kappa shape index (κ2) is 7.01. The van der Waals surface area contributed by atoms with E-state index in [0.717, 1.165) is 4.57 Å². The molecule has 158 valence electrons. The van der Waals surface area contributed by atoms with Gasteiger partial charge in [0.2, 0.25) is 6.79 Å². The van der Waals surface area contributed by atoms with Gasteiger partial charge in [0, 0.05) is 25.7 Å². The molecule has 0 bridgehead atoms. The highest BCUT2D eigenvalue weighted by atomic mass is 19.1. The van der Waals surface area contributed by atoms with Gasteiger partial charge < -0.3 is 14.2 Å². The number of hydrogen-bond donors (Lipinski definition) is 0. The van der Waals surface area contributed by atoms with Crippen LogP contribution in [0.3, 0.4) is 0 Å². The molecule has 5 rings (SSSR count). The first-order chi connectivity index (χ1) is 14.9. The molecule has 31 heavy (non-hydrogen) atoms. The van der Waals surface area contributed by atoms with Crippen molar-refractivity contribution in [3.05, 3.63) is 74.7 Å². The molecule has 0 saturated heterocycles. The lowest BCUT2D eigenvalue weighted by Crippen LogP contribution is -2.37. The highest BCUT2D eigenvalue weighted by Crippen LogP contribution is 2.36. The molecule has 0 N–H and O–H groups in total. The van der Waals surface area contributed by atoms with Crippen LogP contribution in [0.15, 0.2) is 52.1 Å². The van der Waals surface area contributed by atoms with E-state index in [1.54, 1.807) is 36.4 Å². The zero-order chi connectivity index (χ0) is 21.7. The van der Waals surface area contributed by atoms with Crippen LogP contribution in [0.4, 0.5) is 4.39 Å². The first-order valence-corrected chi connectivity index (χ1v) is 9.41. The standard InChI is InChI=1S/C21H17FN4O5/c1-24-18-17(19(27)25(2)21(24)28)26(10-12-5-3-4-6-14(12)22)20(23-18)31-13-7-8-15-16(9-13)30-11-29-15/h3-9H,10-11H2,1-2H3. The van der Waals surface area contributed by atoms with Crippen LogP contribution < -0.4 is 25.5 Å². The lowest BCUT2D eigenvalue weighted by Gasteiger charge is -2.11. The van der Waals surface area contributed by atoms with Gasteiger partial charge in [-0.3, -0.25) is 18.5 Å². The third-order valence-corrected chi connectivity index (χ3v) is 5.15. The number of benzene rings is 2. The Balaban J connectivity index is 1.70. The van der Waals surface area contributed by atoms with Gasteiger partial charge in [-0.1, -0.05) is 18.2 Å². The molecule has 3 heterocycles. The smallest absolute Gasteiger partial charge is 0.332 e. The summed E-state index contributed by atoms with van der Waals surface area (Å²) in [6.45, 7) is 0.0965. The van der Waals surface area contributed by atoms with Gasteiger partial charge >= 0.3 is 11.7 Å². The lowest BCUT2D eigenvalue weighted by atomic mass is 10.2. The van der Waals surface area contributed by atoms with Gasteiger partial charge in [-0.2, -0.15) is 4.98 Å². The fourth-order valence-electron chi connectivity index (χ4n) is 3.49. The Kier molecular flexibility index (Phi) is 4.28. The summed E-state index contributed by atoms with van der Waals surface area (Å²) in [5, 5.41) is 0. The molecule has 0 fully saturated rings. The second-order valence-corrected chi connectivity index (χ2v) is 7.07. The molecule has 2 aromatic carbocycles. The molecular weight excluding hydrogens is 407 g/mol. The first kappa shape index (κ1) is 18.9. The maximum Gasteiger partial charge on any atom is 0.332 e. The lowest BCUT2D eigenvalue weighted by molar-refractivity contribution is 0.174. The Bertz CT molecular complexity index is 1450. The van der Waals surface area contributed by atoms with E-state index >= 15 is 0 Å². The van der Waals surface area contributed by atoms with Crippen molar-refractivity contribution in [3.63, 3.8) is 0 Å². The normalized spacial score (nSPS) is 12.5. The number of imidazole rings is 1. The third kappa shape index (κ3) is 3.03. The van der Waals surface area contributed by atoms with Crippen molar-refractivity contribution in [2.24, 2.45) is 14.1 Å². The quantitative estimate of drug-likeness (QED) is 0.499. The van der Waals surface area contributed by atoms with Crippen molar-refractivity contribution in [2.75, 3.05) is 6.79 Å². The minimum absolute atomic E-state index is 0.0174. The summed E-state index contributed by atoms with van der Waals surface area (Å²) < 4.78 is 34.7. The average molecular weight is 424 g/mol. The fourth-order valence-corrected chi connectivity index (χ4v) is 3.49. The Morgan fingerprint density at radius 2 is 1.84 bits per heavy atom. The molecule has 4 aromatic rings. The van der Waals surface area contributed by atoms with Crippen LogP contribution in [0.25, 0.3) is 11.2 Å². The highest BCUT2D eigenvalue weighted by molar-refractivity contribution is 5.72. The predicted molar refractivity (Wildman–Crippen MR) is 108 cm³/mol. The van der Waals surface area contributed by atoms with E-state index in [0.29, 0.717) is 22.8 Å². The van der Waals surface area contributed by atoms with E-state index in [1.165, 1.54) is 29.3 Å². The molecule has 1 aliphatic rings. The molecule has 9 nitrogen and oxygen atoms in total. The van der Waals surface area contributed by atoms with Crippen molar-refractivity contribution < 1.29 is 18.6 Å². The molecule has 0 unspecified atom stereocenters. The maximum atomic E-state index is 14.4. The van der Waals surface area contributed by atoms with Crippen molar-refractivity contribution in [3.8, 4) is 23.3 Å². The van der Waals surface area contributed by atoms with Crippen LogP contribution in [-0.4, -0.2) is 25.5 Å². The van der Waals surface area contributed by atoms with E-state index in [9.17, 15) is 14.0 Å². The fraction of sp³-hybridized carbons (Fsp3) is 0.190. The molecule has 2 aromatic heterocycles. The number of nitrogens with zero attached hydrogens (tertiary/aromatic N) is 4. The van der Waals surface area contributed by atoms with Crippen LogP contribution in [-0.2, 0) is 20.6 Å². The summed E-state index contributed by atoms with van der Waals surface area (Å²) in [7, 11) is 2.89. The van der Waals surface area contributed by atoms with Crippen LogP contribution >= 0.6 is 0 Å². The summed E-state index contributed by atoms with van der Waals surface area (Å²) in [5.41, 5.74) is -0.470. The summed E-state index contributed by atoms with van der Waals surface area (Å²) in [6.07, 6.45) is 0. The van der Waals surface area contributed by atoms with Gasteiger partial charge in [-0.15, -0.1) is 0 Å². The Morgan fingerprint density at radius 1 is 1.06 bits per heavy atom. The van der Waals surface area contributed by atoms with E-state index in [-0.39, 0.29) is 30.5 Å². The van der Waals surface area contributed by atoms with E-state index in [4.69, 9.17) is 14.2 Å². The van der Waals surface area contributed by atoms with Crippen molar-refractivity contribution in [1.29, 1.82) is 0 Å². The summed E-state index contributed by atoms with van der Waals surface area (Å²) >= 11 is 0. The number of ether oxygens (including phenoxy) is 3. The van der Waals surface area contributed by atoms with E-state index in [1.807, 2.05) is 0 Å². The average Bonchev–Trinajstić information content (AvgIpc) is 3.37. The van der Waals surface area contributed by atoms with Gasteiger partial charge in [0.1, 0.15) is 11.6 Å². The molecule has 0 atom stereocenters. The predicted octanol–water partition coefficient (Wildman–Crippen LogP) is 2.14. The zero-order valence-corrected chi connectivity index (χ0v) is 16.7. The van der Waals surface area contributed by atoms with Gasteiger partial charge in [0.05, 0.1) is 6.54 Å².